The summed E-state index contributed by atoms with van der Waals surface area (Å²) in [6.45, 7) is 14.3. The topological polar surface area (TPSA) is 11.4 Å². The van der Waals surface area contributed by atoms with Crippen LogP contribution in [0.15, 0.2) is 158 Å². The number of benzene rings is 9. The summed E-state index contributed by atoms with van der Waals surface area (Å²) in [5.74, 6) is 5.32. The largest absolute Gasteiger partial charge is 0.311 e. The fraction of sp³-hybridized carbons (Fsp3) is 0.350. The van der Waals surface area contributed by atoms with E-state index in [1.54, 1.807) is 11.1 Å². The summed E-state index contributed by atoms with van der Waals surface area (Å²) in [5, 5.41) is 8.26. The minimum Gasteiger partial charge on any atom is -0.311 e. The first-order chi connectivity index (χ1) is 41.2. The first-order valence-electron chi connectivity index (χ1n) is 32.8. The van der Waals surface area contributed by atoms with E-state index in [1.165, 1.54) is 208 Å². The normalized spacial score (nSPS) is 26.4. The molecule has 0 radical (unpaired) electrons. The predicted molar refractivity (Wildman–Crippen MR) is 361 cm³/mol. The molecule has 0 saturated heterocycles. The van der Waals surface area contributed by atoms with E-state index in [1.807, 2.05) is 11.3 Å². The number of hydrogen-bond acceptors (Lipinski definition) is 3. The highest BCUT2D eigenvalue weighted by molar-refractivity contribution is 7.26. The van der Waals surface area contributed by atoms with E-state index in [9.17, 15) is 0 Å². The summed E-state index contributed by atoms with van der Waals surface area (Å²) in [6.07, 6.45) is 17.0. The summed E-state index contributed by atoms with van der Waals surface area (Å²) in [5.41, 5.74) is 25.0. The molecule has 0 N–H and O–H groups in total. The third-order valence-electron chi connectivity index (χ3n) is 24.3. The van der Waals surface area contributed by atoms with Gasteiger partial charge in [-0.05, 0) is 268 Å². The first-order valence-corrected chi connectivity index (χ1v) is 33.7. The molecular weight excluding hydrogens is 1050 g/mol. The highest BCUT2D eigenvalue weighted by atomic mass is 32.1. The maximum Gasteiger partial charge on any atom is 0.252 e. The summed E-state index contributed by atoms with van der Waals surface area (Å²) in [6, 6.07) is 64.8. The predicted octanol–water partition coefficient (Wildman–Crippen LogP) is 19.9. The van der Waals surface area contributed by atoms with Crippen LogP contribution in [-0.4, -0.2) is 11.3 Å². The van der Waals surface area contributed by atoms with Crippen LogP contribution in [0.4, 0.5) is 34.1 Å². The van der Waals surface area contributed by atoms with Crippen LogP contribution in [-0.2, 0) is 21.7 Å². The molecule has 0 atom stereocenters. The van der Waals surface area contributed by atoms with Gasteiger partial charge in [0.25, 0.3) is 6.71 Å². The molecular formula is C80H74BN3S. The molecule has 5 heteroatoms. The Morgan fingerprint density at radius 2 is 0.882 bits per heavy atom. The average Bonchev–Trinajstić information content (AvgIpc) is 1.81. The summed E-state index contributed by atoms with van der Waals surface area (Å²) < 4.78 is 5.42. The monoisotopic (exact) mass is 1120 g/mol. The molecule has 11 aromatic rings. The zero-order valence-electron chi connectivity index (χ0n) is 50.3. The van der Waals surface area contributed by atoms with Crippen molar-refractivity contribution in [1.82, 2.24) is 4.57 Å². The molecule has 8 saturated carbocycles. The van der Waals surface area contributed by atoms with Crippen LogP contribution >= 0.6 is 11.3 Å². The second kappa shape index (κ2) is 16.5. The average molecular weight is 1120 g/mol. The molecule has 8 bridgehead atoms. The van der Waals surface area contributed by atoms with Crippen molar-refractivity contribution in [1.29, 1.82) is 0 Å². The molecule has 11 aliphatic rings. The standard InChI is InChI=1S/C80H74BN3S/c1-77(2,3)52-14-20-56(21-15-52)82-63-25-18-54(78(4,5)6)35-61(63)81-62-36-55(80-42-48-32-49(43-80)34-50(33-48)44-80)19-26-64(62)83(57-22-16-53(17-23-57)79-39-45-29-46(40-79)31-47(30-45)41-79)68-38-58(37-67(82)76(68)81)84-65-24-13-51-9-7-10-59-60-11-8-12-69-72(60)75-70(85-69)28-27-66(84)74(75)73(65)71(51)59/h7-28,35-38,45-50H,29-34,39-44H2,1-6H3. The molecule has 2 aromatic heterocycles. The van der Waals surface area contributed by atoms with Gasteiger partial charge in [0, 0.05) is 65.1 Å². The lowest BCUT2D eigenvalue weighted by atomic mass is 9.33. The summed E-state index contributed by atoms with van der Waals surface area (Å²) in [4.78, 5) is 5.46. The minimum absolute atomic E-state index is 0.0249. The first kappa shape index (κ1) is 49.1. The molecule has 0 amide bonds. The zero-order valence-corrected chi connectivity index (χ0v) is 51.1. The van der Waals surface area contributed by atoms with E-state index in [0.29, 0.717) is 5.41 Å². The molecule has 9 aromatic carbocycles. The van der Waals surface area contributed by atoms with Crippen LogP contribution in [0.1, 0.15) is 141 Å². The van der Waals surface area contributed by atoms with Gasteiger partial charge in [0.1, 0.15) is 0 Å². The number of hydrogen-bond donors (Lipinski definition) is 0. The Labute approximate surface area is 505 Å². The molecule has 9 aliphatic carbocycles. The molecule has 0 unspecified atom stereocenters. The molecule has 8 fully saturated rings. The van der Waals surface area contributed by atoms with Crippen LogP contribution in [0.2, 0.25) is 0 Å². The fourth-order valence-corrected chi connectivity index (χ4v) is 22.6. The van der Waals surface area contributed by atoms with E-state index < -0.39 is 0 Å². The Morgan fingerprint density at radius 3 is 1.48 bits per heavy atom. The van der Waals surface area contributed by atoms with E-state index in [0.717, 1.165) is 35.5 Å². The Bertz CT molecular complexity index is 4700. The van der Waals surface area contributed by atoms with Gasteiger partial charge in [-0.1, -0.05) is 126 Å². The zero-order chi connectivity index (χ0) is 56.4. The lowest BCUT2D eigenvalue weighted by Crippen LogP contribution is -2.62. The van der Waals surface area contributed by atoms with Crippen molar-refractivity contribution in [2.45, 2.75) is 140 Å². The number of fused-ring (bicyclic) bond motifs is 5. The lowest BCUT2D eigenvalue weighted by molar-refractivity contribution is -0.00528. The third-order valence-corrected chi connectivity index (χ3v) is 25.4. The van der Waals surface area contributed by atoms with Crippen LogP contribution < -0.4 is 26.2 Å². The highest BCUT2D eigenvalue weighted by Crippen LogP contribution is 2.63. The van der Waals surface area contributed by atoms with Crippen LogP contribution in [0.5, 0.6) is 0 Å². The number of anilines is 6. The van der Waals surface area contributed by atoms with Crippen molar-refractivity contribution in [3.8, 4) is 16.8 Å². The molecule has 2 aliphatic heterocycles. The van der Waals surface area contributed by atoms with E-state index >= 15 is 0 Å². The van der Waals surface area contributed by atoms with Gasteiger partial charge in [0.2, 0.25) is 0 Å². The van der Waals surface area contributed by atoms with Gasteiger partial charge in [-0.2, -0.15) is 0 Å². The number of aromatic nitrogens is 1. The maximum atomic E-state index is 2.81. The number of rotatable bonds is 5. The van der Waals surface area contributed by atoms with Crippen molar-refractivity contribution in [3.05, 3.63) is 180 Å². The van der Waals surface area contributed by atoms with E-state index in [-0.39, 0.29) is 23.0 Å². The maximum absolute atomic E-state index is 2.81. The van der Waals surface area contributed by atoms with Gasteiger partial charge >= 0.3 is 0 Å². The van der Waals surface area contributed by atoms with Gasteiger partial charge in [-0.15, -0.1) is 11.3 Å². The van der Waals surface area contributed by atoms with Gasteiger partial charge in [-0.3, -0.25) is 0 Å². The Hall–Kier alpha value is -7.08. The summed E-state index contributed by atoms with van der Waals surface area (Å²) in [7, 11) is 0. The van der Waals surface area contributed by atoms with Gasteiger partial charge < -0.3 is 14.4 Å². The minimum atomic E-state index is -0.0344. The number of nitrogens with zero attached hydrogens (tertiary/aromatic N) is 3. The molecule has 85 heavy (non-hydrogen) atoms. The van der Waals surface area contributed by atoms with E-state index in [4.69, 9.17) is 0 Å². The smallest absolute Gasteiger partial charge is 0.252 e. The molecule has 0 spiro atoms. The van der Waals surface area contributed by atoms with Gasteiger partial charge in [-0.25, -0.2) is 0 Å². The highest BCUT2D eigenvalue weighted by Gasteiger charge is 2.54. The quantitative estimate of drug-likeness (QED) is 0.159. The van der Waals surface area contributed by atoms with Crippen molar-refractivity contribution < 1.29 is 0 Å². The van der Waals surface area contributed by atoms with Crippen LogP contribution in [0, 0.1) is 35.5 Å². The molecule has 22 rings (SSSR count). The van der Waals surface area contributed by atoms with Crippen molar-refractivity contribution >= 4 is 121 Å². The number of thiophene rings is 1. The van der Waals surface area contributed by atoms with Crippen LogP contribution in [0.25, 0.3) is 69.6 Å². The fourth-order valence-electron chi connectivity index (χ4n) is 21.5. The van der Waals surface area contributed by atoms with Crippen molar-refractivity contribution in [2.24, 2.45) is 35.5 Å². The van der Waals surface area contributed by atoms with Crippen LogP contribution in [0.3, 0.4) is 0 Å². The van der Waals surface area contributed by atoms with Crippen molar-refractivity contribution in [2.75, 3.05) is 9.80 Å². The Morgan fingerprint density at radius 1 is 0.400 bits per heavy atom. The molecule has 4 heterocycles. The second-order valence-corrected chi connectivity index (χ2v) is 32.4. The lowest BCUT2D eigenvalue weighted by Gasteiger charge is -2.57. The Kier molecular flexibility index (Phi) is 9.53. The van der Waals surface area contributed by atoms with Crippen molar-refractivity contribution in [3.63, 3.8) is 0 Å². The Balaban J connectivity index is 0.894. The third kappa shape index (κ3) is 6.65. The molecule has 3 nitrogen and oxygen atoms in total. The van der Waals surface area contributed by atoms with Gasteiger partial charge in [0.15, 0.2) is 0 Å². The SMILES string of the molecule is CC(C)(C)c1ccc(N2c3ccc(C(C)(C)C)cc3B3c4cc(C56CC7CC(CC(C7)C5)C6)ccc4N(c4ccc(C56CC7CC(CC(C7)C5)C6)cc4)c4cc(-n5c6ccc7cccc8c7c6c6c7c(ccc65)sc5cccc-8c57)cc2c43)cc1. The van der Waals surface area contributed by atoms with Gasteiger partial charge in [0.05, 0.1) is 16.7 Å². The summed E-state index contributed by atoms with van der Waals surface area (Å²) >= 11 is 1.95. The van der Waals surface area contributed by atoms with E-state index in [2.05, 4.69) is 214 Å². The second-order valence-electron chi connectivity index (χ2n) is 31.4. The molecule has 418 valence electrons.